The van der Waals surface area contributed by atoms with Crippen molar-refractivity contribution in [1.29, 1.82) is 0 Å². The van der Waals surface area contributed by atoms with Crippen LogP contribution in [0.5, 0.6) is 0 Å². The number of hydrogen-bond donors (Lipinski definition) is 0. The third-order valence-corrected chi connectivity index (χ3v) is 8.60. The van der Waals surface area contributed by atoms with Gasteiger partial charge in [0.2, 0.25) is 0 Å². The average molecular weight is 666 g/mol. The second kappa shape index (κ2) is 16.4. The van der Waals surface area contributed by atoms with E-state index in [-0.39, 0.29) is 0 Å². The fraction of sp³-hybridized carbons (Fsp3) is 0.302. The van der Waals surface area contributed by atoms with Crippen molar-refractivity contribution in [1.82, 2.24) is 0 Å². The molecule has 0 amide bonds. The molecule has 0 bridgehead atoms. The van der Waals surface area contributed by atoms with Gasteiger partial charge >= 0.3 is 0 Å². The van der Waals surface area contributed by atoms with Crippen LogP contribution in [0.3, 0.4) is 0 Å². The Balaban J connectivity index is 0.000000232. The minimum absolute atomic E-state index is 0.820. The Bertz CT molecular complexity index is 2060. The topological polar surface area (TPSA) is 77.4 Å². The van der Waals surface area contributed by atoms with E-state index in [9.17, 15) is 0 Å². The van der Waals surface area contributed by atoms with Crippen LogP contribution >= 0.6 is 0 Å². The van der Waals surface area contributed by atoms with E-state index in [2.05, 4.69) is 148 Å². The van der Waals surface area contributed by atoms with Crippen molar-refractivity contribution in [3.8, 4) is 0 Å². The first kappa shape index (κ1) is 37.5. The smallest absolute Gasteiger partial charge is 0.0916 e. The van der Waals surface area contributed by atoms with Crippen molar-refractivity contribution in [3.63, 3.8) is 0 Å². The van der Waals surface area contributed by atoms with Gasteiger partial charge in [0.1, 0.15) is 0 Å². The molecule has 5 aromatic carbocycles. The van der Waals surface area contributed by atoms with E-state index < -0.39 is 0 Å². The van der Waals surface area contributed by atoms with Gasteiger partial charge in [-0.3, -0.25) is 0 Å². The zero-order valence-electron chi connectivity index (χ0n) is 32.1. The molecule has 0 aliphatic carbocycles. The van der Waals surface area contributed by atoms with Gasteiger partial charge < -0.3 is 4.90 Å². The second-order valence-electron chi connectivity index (χ2n) is 13.7. The minimum Gasteiger partial charge on any atom is -0.377 e. The first-order valence-corrected chi connectivity index (χ1v) is 17.0. The van der Waals surface area contributed by atoms with Crippen LogP contribution in [0.25, 0.3) is 0 Å². The van der Waals surface area contributed by atoms with Crippen LogP contribution in [0.2, 0.25) is 0 Å². The molecule has 0 radical (unpaired) electrons. The standard InChI is InChI=1S/C24H26N4.C19H25N3/c1-15-7-9-22(17(3)11-15)26-25-21-13-19(5)24(20(6)14-21)28-27-23-10-8-16(2)12-18(23)4;1-12-8-15(4)19(16(5)9-12)21-20-17-10-14(3)18(22(6)7)11-13(17)2/h7-14H,1-6H3;8-11H,1-7H3. The molecular weight excluding hydrogens is 615 g/mol. The van der Waals surface area contributed by atoms with Crippen molar-refractivity contribution in [2.75, 3.05) is 19.0 Å². The Morgan fingerprint density at radius 3 is 1.20 bits per heavy atom. The van der Waals surface area contributed by atoms with Gasteiger partial charge in [-0.05, 0) is 157 Å². The fourth-order valence-electron chi connectivity index (χ4n) is 6.01. The number of azo groups is 3. The zero-order chi connectivity index (χ0) is 36.7. The molecule has 5 aromatic rings. The van der Waals surface area contributed by atoms with Crippen LogP contribution in [0.15, 0.2) is 103 Å². The highest BCUT2D eigenvalue weighted by molar-refractivity contribution is 5.63. The Morgan fingerprint density at radius 1 is 0.340 bits per heavy atom. The van der Waals surface area contributed by atoms with Crippen LogP contribution in [-0.4, -0.2) is 14.1 Å². The summed E-state index contributed by atoms with van der Waals surface area (Å²) in [7, 11) is 4.12. The number of aryl methyl sites for hydroxylation is 11. The van der Waals surface area contributed by atoms with Crippen molar-refractivity contribution >= 4 is 39.8 Å². The highest BCUT2D eigenvalue weighted by Gasteiger charge is 2.08. The van der Waals surface area contributed by atoms with Gasteiger partial charge in [0.15, 0.2) is 0 Å². The maximum absolute atomic E-state index is 4.50. The summed E-state index contributed by atoms with van der Waals surface area (Å²) in [5.74, 6) is 0. The lowest BCUT2D eigenvalue weighted by Crippen LogP contribution is -2.10. The number of hydrogen-bond acceptors (Lipinski definition) is 7. The molecule has 0 unspecified atom stereocenters. The molecular formula is C43H51N7. The lowest BCUT2D eigenvalue weighted by Gasteiger charge is -2.17. The van der Waals surface area contributed by atoms with Gasteiger partial charge in [0, 0.05) is 19.8 Å². The molecule has 0 N–H and O–H groups in total. The molecule has 5 rings (SSSR count). The maximum atomic E-state index is 4.50. The Kier molecular flexibility index (Phi) is 12.3. The quantitative estimate of drug-likeness (QED) is 0.159. The maximum Gasteiger partial charge on any atom is 0.0916 e. The highest BCUT2D eigenvalue weighted by Crippen LogP contribution is 2.34. The number of nitrogens with zero attached hydrogens (tertiary/aromatic N) is 7. The summed E-state index contributed by atoms with van der Waals surface area (Å²) in [6.07, 6.45) is 0. The number of benzene rings is 5. The molecule has 0 spiro atoms. The SMILES string of the molecule is Cc1cc(C)c(N=Nc2cc(C)c(N(C)C)cc2C)c(C)c1.Cc1ccc(N=Nc2cc(C)c(N=Nc3ccc(C)cc3C)c(C)c2)c(C)c1. The molecule has 0 aliphatic heterocycles. The molecule has 7 heteroatoms. The van der Waals surface area contributed by atoms with Gasteiger partial charge in [-0.25, -0.2) is 0 Å². The van der Waals surface area contributed by atoms with E-state index in [1.807, 2.05) is 51.1 Å². The molecule has 0 aliphatic rings. The van der Waals surface area contributed by atoms with Crippen molar-refractivity contribution in [2.24, 2.45) is 30.7 Å². The van der Waals surface area contributed by atoms with E-state index in [0.717, 1.165) is 61.9 Å². The normalized spacial score (nSPS) is 11.5. The lowest BCUT2D eigenvalue weighted by molar-refractivity contribution is 1.10. The Hall–Kier alpha value is -5.30. The average Bonchev–Trinajstić information content (AvgIpc) is 3.02. The highest BCUT2D eigenvalue weighted by atomic mass is 15.1. The predicted octanol–water partition coefficient (Wildman–Crippen LogP) is 14.1. The molecule has 7 nitrogen and oxygen atoms in total. The summed E-state index contributed by atoms with van der Waals surface area (Å²) >= 11 is 0. The van der Waals surface area contributed by atoms with Crippen molar-refractivity contribution in [3.05, 3.63) is 134 Å². The molecule has 0 saturated heterocycles. The van der Waals surface area contributed by atoms with Crippen LogP contribution in [-0.2, 0) is 0 Å². The third-order valence-electron chi connectivity index (χ3n) is 8.60. The first-order valence-electron chi connectivity index (χ1n) is 17.0. The summed E-state index contributed by atoms with van der Waals surface area (Å²) in [5, 5.41) is 26.8. The monoisotopic (exact) mass is 665 g/mol. The number of rotatable bonds is 7. The Labute approximate surface area is 299 Å². The summed E-state index contributed by atoms with van der Waals surface area (Å²) in [6, 6.07) is 24.9. The van der Waals surface area contributed by atoms with Gasteiger partial charge in [-0.2, -0.15) is 20.5 Å². The van der Waals surface area contributed by atoms with E-state index in [0.29, 0.717) is 0 Å². The van der Waals surface area contributed by atoms with Gasteiger partial charge in [-0.15, -0.1) is 10.2 Å². The first-order chi connectivity index (χ1) is 23.6. The summed E-state index contributed by atoms with van der Waals surface area (Å²) in [5.41, 5.74) is 19.3. The van der Waals surface area contributed by atoms with Crippen molar-refractivity contribution in [2.45, 2.75) is 76.2 Å². The van der Waals surface area contributed by atoms with E-state index in [1.54, 1.807) is 0 Å². The summed E-state index contributed by atoms with van der Waals surface area (Å²) in [4.78, 5) is 2.12. The molecule has 258 valence electrons. The Morgan fingerprint density at radius 2 is 0.740 bits per heavy atom. The molecule has 0 heterocycles. The van der Waals surface area contributed by atoms with E-state index in [4.69, 9.17) is 0 Å². The largest absolute Gasteiger partial charge is 0.377 e. The lowest BCUT2D eigenvalue weighted by atomic mass is 10.1. The zero-order valence-corrected chi connectivity index (χ0v) is 32.1. The van der Waals surface area contributed by atoms with Gasteiger partial charge in [-0.1, -0.05) is 53.1 Å². The minimum atomic E-state index is 0.820. The van der Waals surface area contributed by atoms with E-state index in [1.165, 1.54) is 39.1 Å². The summed E-state index contributed by atoms with van der Waals surface area (Å²) in [6.45, 7) is 22.8. The van der Waals surface area contributed by atoms with E-state index >= 15 is 0 Å². The predicted molar refractivity (Wildman–Crippen MR) is 211 cm³/mol. The molecule has 0 saturated carbocycles. The fourth-order valence-corrected chi connectivity index (χ4v) is 6.01. The van der Waals surface area contributed by atoms with Crippen LogP contribution in [0.1, 0.15) is 61.2 Å². The third kappa shape index (κ3) is 9.65. The van der Waals surface area contributed by atoms with Gasteiger partial charge in [0.05, 0.1) is 34.1 Å². The second-order valence-corrected chi connectivity index (χ2v) is 13.7. The van der Waals surface area contributed by atoms with Crippen LogP contribution < -0.4 is 4.90 Å². The molecule has 0 fully saturated rings. The van der Waals surface area contributed by atoms with Crippen LogP contribution in [0, 0.1) is 76.2 Å². The summed E-state index contributed by atoms with van der Waals surface area (Å²) < 4.78 is 0. The van der Waals surface area contributed by atoms with Gasteiger partial charge in [0.25, 0.3) is 0 Å². The number of anilines is 1. The molecule has 0 aromatic heterocycles. The van der Waals surface area contributed by atoms with Crippen LogP contribution in [0.4, 0.5) is 39.8 Å². The molecule has 0 atom stereocenters. The van der Waals surface area contributed by atoms with Crippen molar-refractivity contribution < 1.29 is 0 Å². The molecule has 50 heavy (non-hydrogen) atoms.